The van der Waals surface area contributed by atoms with Crippen LogP contribution in [0.15, 0.2) is 8.86 Å². The van der Waals surface area contributed by atoms with E-state index in [2.05, 4.69) is 34.2 Å². The number of hydrogen-bond acceptors (Lipinski definition) is 7. The van der Waals surface area contributed by atoms with Crippen molar-refractivity contribution in [3.05, 3.63) is 16.7 Å². The zero-order valence-electron chi connectivity index (χ0n) is 10.0. The summed E-state index contributed by atoms with van der Waals surface area (Å²) in [4.78, 5) is 4.33. The molecule has 2 aromatic rings. The van der Waals surface area contributed by atoms with Crippen molar-refractivity contribution in [2.75, 3.05) is 0 Å². The van der Waals surface area contributed by atoms with Crippen LogP contribution in [0.2, 0.25) is 0 Å². The minimum atomic E-state index is 0.529. The first kappa shape index (κ1) is 12.5. The highest BCUT2D eigenvalue weighted by Crippen LogP contribution is 2.24. The number of aromatic nitrogens is 4. The SMILES string of the molecule is Cc1nnc(SCc2noc(CC(C)C)n2)s1. The predicted molar refractivity (Wildman–Crippen MR) is 67.0 cm³/mol. The standard InChI is InChI=1S/C10H14N4OS2/c1-6(2)4-9-11-8(14-15-9)5-16-10-13-12-7(3)17-10/h6H,4-5H2,1-3H3. The molecule has 2 rings (SSSR count). The van der Waals surface area contributed by atoms with Gasteiger partial charge in [0, 0.05) is 6.42 Å². The summed E-state index contributed by atoms with van der Waals surface area (Å²) in [6.45, 7) is 6.20. The van der Waals surface area contributed by atoms with Gasteiger partial charge in [-0.3, -0.25) is 0 Å². The van der Waals surface area contributed by atoms with Crippen molar-refractivity contribution < 1.29 is 4.52 Å². The smallest absolute Gasteiger partial charge is 0.226 e. The normalized spacial score (nSPS) is 11.3. The van der Waals surface area contributed by atoms with E-state index in [1.165, 1.54) is 0 Å². The molecule has 0 N–H and O–H groups in total. The van der Waals surface area contributed by atoms with Crippen molar-refractivity contribution in [1.82, 2.24) is 20.3 Å². The van der Waals surface area contributed by atoms with Crippen molar-refractivity contribution in [1.29, 1.82) is 0 Å². The Balaban J connectivity index is 1.89. The van der Waals surface area contributed by atoms with Gasteiger partial charge in [0.25, 0.3) is 0 Å². The molecule has 2 aromatic heterocycles. The van der Waals surface area contributed by atoms with Gasteiger partial charge in [-0.25, -0.2) is 0 Å². The molecule has 0 spiro atoms. The number of nitrogens with zero attached hydrogens (tertiary/aromatic N) is 4. The average molecular weight is 270 g/mol. The lowest BCUT2D eigenvalue weighted by Crippen LogP contribution is -1.94. The Morgan fingerprint density at radius 2 is 2.18 bits per heavy atom. The predicted octanol–water partition coefficient (Wildman–Crippen LogP) is 2.72. The third-order valence-corrected chi connectivity index (χ3v) is 3.89. The van der Waals surface area contributed by atoms with Crippen LogP contribution >= 0.6 is 23.1 Å². The first-order valence-electron chi connectivity index (χ1n) is 5.38. The summed E-state index contributed by atoms with van der Waals surface area (Å²) in [5.74, 6) is 2.64. The summed E-state index contributed by atoms with van der Waals surface area (Å²) in [5.41, 5.74) is 0. The molecule has 0 aromatic carbocycles. The molecule has 0 fully saturated rings. The molecule has 92 valence electrons. The fourth-order valence-corrected chi connectivity index (χ4v) is 2.90. The van der Waals surface area contributed by atoms with Gasteiger partial charge in [0.2, 0.25) is 5.89 Å². The number of rotatable bonds is 5. The van der Waals surface area contributed by atoms with E-state index in [1.807, 2.05) is 6.92 Å². The molecule has 2 heterocycles. The largest absolute Gasteiger partial charge is 0.339 e. The quantitative estimate of drug-likeness (QED) is 0.778. The maximum atomic E-state index is 5.16. The van der Waals surface area contributed by atoms with E-state index in [0.29, 0.717) is 17.6 Å². The van der Waals surface area contributed by atoms with Gasteiger partial charge >= 0.3 is 0 Å². The molecule has 0 unspecified atom stereocenters. The highest BCUT2D eigenvalue weighted by atomic mass is 32.2. The van der Waals surface area contributed by atoms with E-state index in [9.17, 15) is 0 Å². The lowest BCUT2D eigenvalue weighted by molar-refractivity contribution is 0.360. The van der Waals surface area contributed by atoms with Crippen molar-refractivity contribution in [2.45, 2.75) is 37.3 Å². The van der Waals surface area contributed by atoms with Gasteiger partial charge in [0.1, 0.15) is 5.01 Å². The van der Waals surface area contributed by atoms with E-state index in [4.69, 9.17) is 4.52 Å². The van der Waals surface area contributed by atoms with Gasteiger partial charge in [0.05, 0.1) is 5.75 Å². The van der Waals surface area contributed by atoms with Gasteiger partial charge in [-0.1, -0.05) is 42.1 Å². The molecule has 17 heavy (non-hydrogen) atoms. The number of hydrogen-bond donors (Lipinski definition) is 0. The van der Waals surface area contributed by atoms with Gasteiger partial charge in [-0.05, 0) is 12.8 Å². The van der Waals surface area contributed by atoms with Gasteiger partial charge < -0.3 is 4.52 Å². The summed E-state index contributed by atoms with van der Waals surface area (Å²) in [6.07, 6.45) is 0.829. The lowest BCUT2D eigenvalue weighted by atomic mass is 10.1. The molecular formula is C10H14N4OS2. The van der Waals surface area contributed by atoms with Crippen LogP contribution in [-0.2, 0) is 12.2 Å². The Morgan fingerprint density at radius 3 is 2.82 bits per heavy atom. The molecule has 0 amide bonds. The second-order valence-corrected chi connectivity index (χ2v) is 6.48. The lowest BCUT2D eigenvalue weighted by Gasteiger charge is -1.95. The van der Waals surface area contributed by atoms with Crippen LogP contribution in [0.25, 0.3) is 0 Å². The maximum Gasteiger partial charge on any atom is 0.226 e. The third kappa shape index (κ3) is 3.78. The van der Waals surface area contributed by atoms with Gasteiger partial charge in [-0.2, -0.15) is 4.98 Å². The molecule has 5 nitrogen and oxygen atoms in total. The molecule has 0 radical (unpaired) electrons. The van der Waals surface area contributed by atoms with Crippen molar-refractivity contribution in [3.8, 4) is 0 Å². The first-order valence-corrected chi connectivity index (χ1v) is 7.18. The third-order valence-electron chi connectivity index (χ3n) is 1.93. The summed E-state index contributed by atoms with van der Waals surface area (Å²) in [6, 6.07) is 0. The van der Waals surface area contributed by atoms with Crippen molar-refractivity contribution in [2.24, 2.45) is 5.92 Å². The first-order chi connectivity index (χ1) is 8.13. The zero-order chi connectivity index (χ0) is 12.3. The van der Waals surface area contributed by atoms with E-state index in [-0.39, 0.29) is 0 Å². The second-order valence-electron chi connectivity index (χ2n) is 4.08. The van der Waals surface area contributed by atoms with Crippen LogP contribution in [0.4, 0.5) is 0 Å². The number of aryl methyl sites for hydroxylation is 1. The molecule has 0 aliphatic rings. The fourth-order valence-electron chi connectivity index (χ4n) is 1.24. The van der Waals surface area contributed by atoms with Crippen molar-refractivity contribution >= 4 is 23.1 Å². The second kappa shape index (κ2) is 5.59. The van der Waals surface area contributed by atoms with E-state index >= 15 is 0 Å². The Labute approximate surface area is 108 Å². The Hall–Kier alpha value is -0.950. The molecular weight excluding hydrogens is 256 g/mol. The molecule has 0 bridgehead atoms. The summed E-state index contributed by atoms with van der Waals surface area (Å²) in [7, 11) is 0. The Morgan fingerprint density at radius 1 is 1.35 bits per heavy atom. The zero-order valence-corrected chi connectivity index (χ0v) is 11.6. The van der Waals surface area contributed by atoms with Crippen LogP contribution in [0, 0.1) is 12.8 Å². The van der Waals surface area contributed by atoms with Crippen LogP contribution in [0.5, 0.6) is 0 Å². The van der Waals surface area contributed by atoms with Gasteiger partial charge in [0.15, 0.2) is 10.2 Å². The maximum absolute atomic E-state index is 5.16. The van der Waals surface area contributed by atoms with Crippen LogP contribution in [0.3, 0.4) is 0 Å². The Bertz CT molecular complexity index is 480. The molecule has 0 aliphatic heterocycles. The van der Waals surface area contributed by atoms with Gasteiger partial charge in [-0.15, -0.1) is 10.2 Å². The summed E-state index contributed by atoms with van der Waals surface area (Å²) < 4.78 is 6.10. The summed E-state index contributed by atoms with van der Waals surface area (Å²) in [5, 5.41) is 12.9. The number of thioether (sulfide) groups is 1. The fraction of sp³-hybridized carbons (Fsp3) is 0.600. The molecule has 0 saturated heterocycles. The highest BCUT2D eigenvalue weighted by molar-refractivity contribution is 8.00. The molecule has 7 heteroatoms. The average Bonchev–Trinajstić information content (AvgIpc) is 2.84. The molecule has 0 atom stereocenters. The summed E-state index contributed by atoms with van der Waals surface area (Å²) >= 11 is 3.17. The molecule has 0 saturated carbocycles. The van der Waals surface area contributed by atoms with Crippen LogP contribution in [0.1, 0.15) is 30.6 Å². The van der Waals surface area contributed by atoms with Crippen molar-refractivity contribution in [3.63, 3.8) is 0 Å². The van der Waals surface area contributed by atoms with E-state index < -0.39 is 0 Å². The van der Waals surface area contributed by atoms with E-state index in [1.54, 1.807) is 23.1 Å². The minimum absolute atomic E-state index is 0.529. The van der Waals surface area contributed by atoms with Crippen LogP contribution in [-0.4, -0.2) is 20.3 Å². The highest BCUT2D eigenvalue weighted by Gasteiger charge is 2.09. The molecule has 0 aliphatic carbocycles. The minimum Gasteiger partial charge on any atom is -0.339 e. The van der Waals surface area contributed by atoms with Crippen LogP contribution < -0.4 is 0 Å². The Kier molecular flexibility index (Phi) is 4.11. The topological polar surface area (TPSA) is 64.7 Å². The monoisotopic (exact) mass is 270 g/mol. The van der Waals surface area contributed by atoms with E-state index in [0.717, 1.165) is 21.6 Å².